The second-order valence-electron chi connectivity index (χ2n) is 4.66. The van der Waals surface area contributed by atoms with Crippen LogP contribution in [0.1, 0.15) is 15.9 Å². The number of benzene rings is 2. The molecule has 0 fully saturated rings. The maximum atomic E-state index is 13.4. The van der Waals surface area contributed by atoms with E-state index >= 15 is 0 Å². The first-order chi connectivity index (χ1) is 10.1. The molecule has 0 aromatic heterocycles. The topological polar surface area (TPSA) is 46.3 Å². The molecule has 3 nitrogen and oxygen atoms in total. The third-order valence-electron chi connectivity index (χ3n) is 3.01. The second-order valence-corrected chi connectivity index (χ2v) is 5.57. The lowest BCUT2D eigenvalue weighted by molar-refractivity contribution is 0.0747. The molecule has 110 valence electrons. The van der Waals surface area contributed by atoms with Crippen LogP contribution in [0.25, 0.3) is 0 Å². The lowest BCUT2D eigenvalue weighted by atomic mass is 10.1. The first-order valence-corrected chi connectivity index (χ1v) is 7.39. The molecule has 2 aromatic rings. The van der Waals surface area contributed by atoms with Gasteiger partial charge < -0.3 is 10.6 Å². The summed E-state index contributed by atoms with van der Waals surface area (Å²) < 4.78 is 14.0. The summed E-state index contributed by atoms with van der Waals surface area (Å²) >= 11 is 3.20. The predicted octanol–water partition coefficient (Wildman–Crippen LogP) is 3.19. The van der Waals surface area contributed by atoms with Crippen LogP contribution in [-0.2, 0) is 6.54 Å². The van der Waals surface area contributed by atoms with Crippen molar-refractivity contribution in [1.29, 1.82) is 0 Å². The van der Waals surface area contributed by atoms with Crippen LogP contribution in [0.2, 0.25) is 0 Å². The van der Waals surface area contributed by atoms with Crippen LogP contribution in [0, 0.1) is 5.82 Å². The van der Waals surface area contributed by atoms with E-state index in [-0.39, 0.29) is 5.91 Å². The van der Waals surface area contributed by atoms with Gasteiger partial charge in [-0.25, -0.2) is 4.39 Å². The summed E-state index contributed by atoms with van der Waals surface area (Å²) in [7, 11) is 0. The van der Waals surface area contributed by atoms with Crippen molar-refractivity contribution in [2.45, 2.75) is 6.54 Å². The monoisotopic (exact) mass is 350 g/mol. The molecular weight excluding hydrogens is 335 g/mol. The molecule has 0 unspecified atom stereocenters. The molecule has 0 radical (unpaired) electrons. The number of halogens is 2. The van der Waals surface area contributed by atoms with E-state index in [1.165, 1.54) is 12.1 Å². The fourth-order valence-electron chi connectivity index (χ4n) is 2.07. The summed E-state index contributed by atoms with van der Waals surface area (Å²) in [5, 5.41) is 0. The van der Waals surface area contributed by atoms with Crippen molar-refractivity contribution in [2.75, 3.05) is 13.1 Å². The molecule has 5 heteroatoms. The van der Waals surface area contributed by atoms with E-state index in [4.69, 9.17) is 5.73 Å². The van der Waals surface area contributed by atoms with Gasteiger partial charge in [-0.15, -0.1) is 0 Å². The van der Waals surface area contributed by atoms with E-state index in [0.29, 0.717) is 29.7 Å². The van der Waals surface area contributed by atoms with Crippen molar-refractivity contribution < 1.29 is 9.18 Å². The molecule has 0 bridgehead atoms. The Morgan fingerprint density at radius 1 is 1.19 bits per heavy atom. The van der Waals surface area contributed by atoms with Gasteiger partial charge in [0, 0.05) is 29.7 Å². The van der Waals surface area contributed by atoms with Crippen molar-refractivity contribution in [3.05, 3.63) is 69.9 Å². The Morgan fingerprint density at radius 3 is 2.52 bits per heavy atom. The molecule has 0 aliphatic heterocycles. The summed E-state index contributed by atoms with van der Waals surface area (Å²) in [4.78, 5) is 14.1. The highest BCUT2D eigenvalue weighted by molar-refractivity contribution is 9.10. The highest BCUT2D eigenvalue weighted by atomic mass is 79.9. The molecule has 0 saturated heterocycles. The fraction of sp³-hybridized carbons (Fsp3) is 0.188. The third-order valence-corrected chi connectivity index (χ3v) is 3.47. The summed E-state index contributed by atoms with van der Waals surface area (Å²) in [6.45, 7) is 1.22. The Morgan fingerprint density at radius 2 is 1.90 bits per heavy atom. The van der Waals surface area contributed by atoms with Crippen molar-refractivity contribution >= 4 is 21.8 Å². The zero-order valence-corrected chi connectivity index (χ0v) is 13.0. The third kappa shape index (κ3) is 4.37. The summed E-state index contributed by atoms with van der Waals surface area (Å²) in [6.07, 6.45) is 0. The maximum absolute atomic E-state index is 13.4. The van der Waals surface area contributed by atoms with Gasteiger partial charge in [-0.05, 0) is 23.8 Å². The van der Waals surface area contributed by atoms with E-state index in [1.54, 1.807) is 11.0 Å². The molecule has 0 aliphatic rings. The molecule has 2 aromatic carbocycles. The highest BCUT2D eigenvalue weighted by Gasteiger charge is 2.16. The normalized spacial score (nSPS) is 10.4. The number of hydrogen-bond donors (Lipinski definition) is 1. The van der Waals surface area contributed by atoms with Crippen molar-refractivity contribution in [3.8, 4) is 0 Å². The molecule has 2 rings (SSSR count). The van der Waals surface area contributed by atoms with Crippen LogP contribution in [0.5, 0.6) is 0 Å². The van der Waals surface area contributed by atoms with E-state index < -0.39 is 5.82 Å². The average molecular weight is 351 g/mol. The lowest BCUT2D eigenvalue weighted by Crippen LogP contribution is -2.35. The number of nitrogens with zero attached hydrogens (tertiary/aromatic N) is 1. The van der Waals surface area contributed by atoms with E-state index in [1.807, 2.05) is 30.3 Å². The van der Waals surface area contributed by atoms with Crippen molar-refractivity contribution in [2.24, 2.45) is 5.73 Å². The fourth-order valence-corrected chi connectivity index (χ4v) is 2.54. The standard InChI is InChI=1S/C16H16BrFN2O/c17-14-8-13(9-15(18)10-14)16(21)20(7-6-19)11-12-4-2-1-3-5-12/h1-5,8-10H,6-7,11,19H2. The van der Waals surface area contributed by atoms with Gasteiger partial charge in [0.25, 0.3) is 5.91 Å². The molecule has 0 atom stereocenters. The Balaban J connectivity index is 2.22. The molecule has 2 N–H and O–H groups in total. The van der Waals surface area contributed by atoms with Crippen molar-refractivity contribution in [1.82, 2.24) is 4.90 Å². The zero-order chi connectivity index (χ0) is 15.2. The van der Waals surface area contributed by atoms with E-state index in [0.717, 1.165) is 5.56 Å². The number of carbonyl (C=O) groups excluding carboxylic acids is 1. The minimum Gasteiger partial charge on any atom is -0.333 e. The van der Waals surface area contributed by atoms with Crippen LogP contribution in [-0.4, -0.2) is 23.9 Å². The smallest absolute Gasteiger partial charge is 0.254 e. The number of rotatable bonds is 5. The first-order valence-electron chi connectivity index (χ1n) is 6.59. The lowest BCUT2D eigenvalue weighted by Gasteiger charge is -2.22. The number of nitrogens with two attached hydrogens (primary N) is 1. The van der Waals surface area contributed by atoms with Crippen LogP contribution >= 0.6 is 15.9 Å². The van der Waals surface area contributed by atoms with Crippen LogP contribution in [0.15, 0.2) is 53.0 Å². The molecule has 0 spiro atoms. The molecular formula is C16H16BrFN2O. The predicted molar refractivity (Wildman–Crippen MR) is 84.3 cm³/mol. The summed E-state index contributed by atoms with van der Waals surface area (Å²) in [5.41, 5.74) is 6.90. The van der Waals surface area contributed by atoms with Crippen LogP contribution in [0.4, 0.5) is 4.39 Å². The van der Waals surface area contributed by atoms with Gasteiger partial charge in [0.15, 0.2) is 0 Å². The van der Waals surface area contributed by atoms with Gasteiger partial charge in [-0.1, -0.05) is 46.3 Å². The van der Waals surface area contributed by atoms with Gasteiger partial charge in [0.05, 0.1) is 0 Å². The Labute approximate surface area is 131 Å². The van der Waals surface area contributed by atoms with E-state index in [2.05, 4.69) is 15.9 Å². The van der Waals surface area contributed by atoms with Gasteiger partial charge in [0.2, 0.25) is 0 Å². The number of carbonyl (C=O) groups is 1. The quantitative estimate of drug-likeness (QED) is 0.899. The number of hydrogen-bond acceptors (Lipinski definition) is 2. The maximum Gasteiger partial charge on any atom is 0.254 e. The largest absolute Gasteiger partial charge is 0.333 e. The molecule has 0 aliphatic carbocycles. The van der Waals surface area contributed by atoms with Gasteiger partial charge in [-0.2, -0.15) is 0 Å². The minimum absolute atomic E-state index is 0.232. The molecule has 0 heterocycles. The Hall–Kier alpha value is -1.72. The number of amides is 1. The molecule has 1 amide bonds. The Bertz CT molecular complexity index is 599. The first kappa shape index (κ1) is 15.7. The SMILES string of the molecule is NCCN(Cc1ccccc1)C(=O)c1cc(F)cc(Br)c1. The highest BCUT2D eigenvalue weighted by Crippen LogP contribution is 2.17. The minimum atomic E-state index is -0.444. The summed E-state index contributed by atoms with van der Waals surface area (Å²) in [5.74, 6) is -0.676. The molecule has 21 heavy (non-hydrogen) atoms. The van der Waals surface area contributed by atoms with Gasteiger partial charge >= 0.3 is 0 Å². The zero-order valence-electron chi connectivity index (χ0n) is 11.4. The summed E-state index contributed by atoms with van der Waals surface area (Å²) in [6, 6.07) is 13.8. The van der Waals surface area contributed by atoms with Crippen LogP contribution in [0.3, 0.4) is 0 Å². The molecule has 0 saturated carbocycles. The van der Waals surface area contributed by atoms with Gasteiger partial charge in [0.1, 0.15) is 5.82 Å². The Kier molecular flexibility index (Phi) is 5.47. The van der Waals surface area contributed by atoms with Gasteiger partial charge in [-0.3, -0.25) is 4.79 Å². The van der Waals surface area contributed by atoms with E-state index in [9.17, 15) is 9.18 Å². The second kappa shape index (κ2) is 7.33. The van der Waals surface area contributed by atoms with Crippen molar-refractivity contribution in [3.63, 3.8) is 0 Å². The van der Waals surface area contributed by atoms with Crippen LogP contribution < -0.4 is 5.73 Å². The average Bonchev–Trinajstić information content (AvgIpc) is 2.46.